The van der Waals surface area contributed by atoms with E-state index < -0.39 is 0 Å². The SMILES string of the molecule is O=Cc1ccc(OCCOc2ccccc2-c2ccccc2)cc1. The predicted molar refractivity (Wildman–Crippen MR) is 94.7 cm³/mol. The second kappa shape index (κ2) is 7.97. The highest BCUT2D eigenvalue weighted by atomic mass is 16.5. The van der Waals surface area contributed by atoms with Crippen LogP contribution in [0.5, 0.6) is 11.5 Å². The lowest BCUT2D eigenvalue weighted by atomic mass is 10.1. The van der Waals surface area contributed by atoms with Crippen LogP contribution in [-0.2, 0) is 0 Å². The molecule has 0 spiro atoms. The van der Waals surface area contributed by atoms with Gasteiger partial charge in [0.2, 0.25) is 0 Å². The van der Waals surface area contributed by atoms with Gasteiger partial charge in [0.25, 0.3) is 0 Å². The third-order valence-corrected chi connectivity index (χ3v) is 3.60. The quantitative estimate of drug-likeness (QED) is 0.471. The van der Waals surface area contributed by atoms with Crippen LogP contribution < -0.4 is 9.47 Å². The number of carbonyl (C=O) groups is 1. The molecule has 0 saturated heterocycles. The molecule has 0 radical (unpaired) electrons. The molecular weight excluding hydrogens is 300 g/mol. The molecule has 0 bridgehead atoms. The van der Waals surface area contributed by atoms with Crippen molar-refractivity contribution in [1.82, 2.24) is 0 Å². The third-order valence-electron chi connectivity index (χ3n) is 3.60. The number of aldehydes is 1. The number of para-hydroxylation sites is 1. The van der Waals surface area contributed by atoms with Gasteiger partial charge in [0.05, 0.1) is 0 Å². The molecule has 3 nitrogen and oxygen atoms in total. The highest BCUT2D eigenvalue weighted by Crippen LogP contribution is 2.29. The van der Waals surface area contributed by atoms with E-state index >= 15 is 0 Å². The van der Waals surface area contributed by atoms with Gasteiger partial charge < -0.3 is 9.47 Å². The molecule has 0 aromatic heterocycles. The van der Waals surface area contributed by atoms with Crippen molar-refractivity contribution < 1.29 is 14.3 Å². The Morgan fingerprint density at radius 1 is 0.708 bits per heavy atom. The Morgan fingerprint density at radius 3 is 2.12 bits per heavy atom. The molecule has 0 saturated carbocycles. The van der Waals surface area contributed by atoms with E-state index in [4.69, 9.17) is 9.47 Å². The van der Waals surface area contributed by atoms with Crippen LogP contribution in [0.25, 0.3) is 11.1 Å². The number of ether oxygens (including phenoxy) is 2. The Morgan fingerprint density at radius 2 is 1.38 bits per heavy atom. The van der Waals surface area contributed by atoms with Crippen molar-refractivity contribution in [3.05, 3.63) is 84.4 Å². The van der Waals surface area contributed by atoms with E-state index in [2.05, 4.69) is 12.1 Å². The molecule has 0 aliphatic rings. The first-order valence-electron chi connectivity index (χ1n) is 7.82. The predicted octanol–water partition coefficient (Wildman–Crippen LogP) is 4.62. The maximum Gasteiger partial charge on any atom is 0.150 e. The summed E-state index contributed by atoms with van der Waals surface area (Å²) in [4.78, 5) is 10.6. The summed E-state index contributed by atoms with van der Waals surface area (Å²) in [6, 6.07) is 25.1. The van der Waals surface area contributed by atoms with Gasteiger partial charge in [-0.25, -0.2) is 0 Å². The van der Waals surface area contributed by atoms with Crippen LogP contribution in [0.2, 0.25) is 0 Å². The summed E-state index contributed by atoms with van der Waals surface area (Å²) >= 11 is 0. The number of benzene rings is 3. The van der Waals surface area contributed by atoms with Crippen molar-refractivity contribution in [3.8, 4) is 22.6 Å². The normalized spacial score (nSPS) is 10.2. The van der Waals surface area contributed by atoms with Crippen LogP contribution in [-0.4, -0.2) is 19.5 Å². The van der Waals surface area contributed by atoms with E-state index in [1.165, 1.54) is 0 Å². The molecule has 0 heterocycles. The standard InChI is InChI=1S/C21H18O3/c22-16-17-10-12-19(13-11-17)23-14-15-24-21-9-5-4-8-20(21)18-6-2-1-3-7-18/h1-13,16H,14-15H2. The van der Waals surface area contributed by atoms with Crippen LogP contribution in [0.4, 0.5) is 0 Å². The first-order chi connectivity index (χ1) is 11.9. The fraction of sp³-hybridized carbons (Fsp3) is 0.0952. The van der Waals surface area contributed by atoms with Crippen molar-refractivity contribution >= 4 is 6.29 Å². The molecule has 0 fully saturated rings. The molecule has 0 aliphatic carbocycles. The van der Waals surface area contributed by atoms with Crippen molar-refractivity contribution in [2.75, 3.05) is 13.2 Å². The molecule has 0 N–H and O–H groups in total. The molecule has 3 heteroatoms. The van der Waals surface area contributed by atoms with E-state index in [9.17, 15) is 4.79 Å². The van der Waals surface area contributed by atoms with Crippen molar-refractivity contribution in [1.29, 1.82) is 0 Å². The maximum absolute atomic E-state index is 10.6. The smallest absolute Gasteiger partial charge is 0.150 e. The van der Waals surface area contributed by atoms with E-state index in [0.29, 0.717) is 18.8 Å². The lowest BCUT2D eigenvalue weighted by Crippen LogP contribution is -2.09. The molecule has 0 amide bonds. The topological polar surface area (TPSA) is 35.5 Å². The highest BCUT2D eigenvalue weighted by Gasteiger charge is 2.05. The second-order valence-corrected chi connectivity index (χ2v) is 5.25. The summed E-state index contributed by atoms with van der Waals surface area (Å²) in [5.41, 5.74) is 2.82. The summed E-state index contributed by atoms with van der Waals surface area (Å²) in [7, 11) is 0. The Balaban J connectivity index is 1.58. The average Bonchev–Trinajstić information content (AvgIpc) is 2.67. The van der Waals surface area contributed by atoms with Gasteiger partial charge in [-0.1, -0.05) is 48.5 Å². The van der Waals surface area contributed by atoms with Gasteiger partial charge in [-0.05, 0) is 35.9 Å². The zero-order chi connectivity index (χ0) is 16.6. The van der Waals surface area contributed by atoms with Crippen LogP contribution in [0.1, 0.15) is 10.4 Å². The molecular formula is C21H18O3. The number of hydrogen-bond acceptors (Lipinski definition) is 3. The van der Waals surface area contributed by atoms with Crippen LogP contribution >= 0.6 is 0 Å². The minimum Gasteiger partial charge on any atom is -0.490 e. The molecule has 0 unspecified atom stereocenters. The van der Waals surface area contributed by atoms with Gasteiger partial charge in [-0.2, -0.15) is 0 Å². The lowest BCUT2D eigenvalue weighted by Gasteiger charge is -2.12. The highest BCUT2D eigenvalue weighted by molar-refractivity contribution is 5.74. The van der Waals surface area contributed by atoms with E-state index in [0.717, 1.165) is 28.9 Å². The Bertz CT molecular complexity index is 780. The number of hydrogen-bond donors (Lipinski definition) is 0. The number of carbonyl (C=O) groups excluding carboxylic acids is 1. The molecule has 0 aliphatic heterocycles. The zero-order valence-corrected chi connectivity index (χ0v) is 13.2. The fourth-order valence-electron chi connectivity index (χ4n) is 2.40. The molecule has 3 aromatic carbocycles. The molecule has 120 valence electrons. The Labute approximate surface area is 141 Å². The monoisotopic (exact) mass is 318 g/mol. The first kappa shape index (κ1) is 15.8. The zero-order valence-electron chi connectivity index (χ0n) is 13.2. The van der Waals surface area contributed by atoms with Crippen LogP contribution in [0, 0.1) is 0 Å². The summed E-state index contributed by atoms with van der Waals surface area (Å²) in [6.07, 6.45) is 0.813. The summed E-state index contributed by atoms with van der Waals surface area (Å²) in [5.74, 6) is 1.56. The lowest BCUT2D eigenvalue weighted by molar-refractivity contribution is 0.112. The van der Waals surface area contributed by atoms with Gasteiger partial charge in [-0.15, -0.1) is 0 Å². The van der Waals surface area contributed by atoms with Gasteiger partial charge >= 0.3 is 0 Å². The maximum atomic E-state index is 10.6. The van der Waals surface area contributed by atoms with Gasteiger partial charge in [0.1, 0.15) is 31.0 Å². The fourth-order valence-corrected chi connectivity index (χ4v) is 2.40. The van der Waals surface area contributed by atoms with Crippen molar-refractivity contribution in [3.63, 3.8) is 0 Å². The van der Waals surface area contributed by atoms with Gasteiger partial charge in [0.15, 0.2) is 0 Å². The van der Waals surface area contributed by atoms with E-state index in [-0.39, 0.29) is 0 Å². The summed E-state index contributed by atoms with van der Waals surface area (Å²) < 4.78 is 11.5. The van der Waals surface area contributed by atoms with Crippen LogP contribution in [0.3, 0.4) is 0 Å². The summed E-state index contributed by atoms with van der Waals surface area (Å²) in [5, 5.41) is 0. The van der Waals surface area contributed by atoms with Crippen molar-refractivity contribution in [2.45, 2.75) is 0 Å². The Hall–Kier alpha value is -3.07. The molecule has 3 aromatic rings. The summed E-state index contributed by atoms with van der Waals surface area (Å²) in [6.45, 7) is 0.878. The average molecular weight is 318 g/mol. The first-order valence-corrected chi connectivity index (χ1v) is 7.82. The van der Waals surface area contributed by atoms with Gasteiger partial charge in [0, 0.05) is 11.1 Å². The van der Waals surface area contributed by atoms with E-state index in [1.807, 2.05) is 42.5 Å². The largest absolute Gasteiger partial charge is 0.490 e. The van der Waals surface area contributed by atoms with Gasteiger partial charge in [-0.3, -0.25) is 4.79 Å². The minimum atomic E-state index is 0.434. The van der Waals surface area contributed by atoms with Crippen molar-refractivity contribution in [2.24, 2.45) is 0 Å². The molecule has 24 heavy (non-hydrogen) atoms. The molecule has 3 rings (SSSR count). The van der Waals surface area contributed by atoms with Crippen LogP contribution in [0.15, 0.2) is 78.9 Å². The minimum absolute atomic E-state index is 0.434. The van der Waals surface area contributed by atoms with E-state index in [1.54, 1.807) is 24.3 Å². The Kier molecular flexibility index (Phi) is 5.25. The second-order valence-electron chi connectivity index (χ2n) is 5.25. The third kappa shape index (κ3) is 4.02. The molecule has 0 atom stereocenters. The number of rotatable bonds is 7.